The summed E-state index contributed by atoms with van der Waals surface area (Å²) in [7, 11) is 0. The van der Waals surface area contributed by atoms with Crippen molar-refractivity contribution in [3.8, 4) is 0 Å². The van der Waals surface area contributed by atoms with E-state index in [-0.39, 0.29) is 21.7 Å². The van der Waals surface area contributed by atoms with E-state index < -0.39 is 0 Å². The smallest absolute Gasteiger partial charge is 0 e. The Balaban J connectivity index is 0.000000360. The van der Waals surface area contributed by atoms with Gasteiger partial charge in [-0.15, -0.1) is 0 Å². The normalized spacial score (nSPS) is 20.6. The van der Waals surface area contributed by atoms with Crippen LogP contribution in [0.2, 0.25) is 0 Å². The molecule has 1 heteroatoms. The average Bonchev–Trinajstić information content (AvgIpc) is 1.72. The molecule has 0 unspecified atom stereocenters. The zero-order chi connectivity index (χ0) is 4.24. The molecular formula is C6H11Ti-. The van der Waals surface area contributed by atoms with E-state index in [1.54, 1.807) is 0 Å². The van der Waals surface area contributed by atoms with Crippen molar-refractivity contribution in [3.63, 3.8) is 0 Å². The second-order valence-electron chi connectivity index (χ2n) is 1.93. The summed E-state index contributed by atoms with van der Waals surface area (Å²) in [4.78, 5) is 0. The molecule has 40 valence electrons. The minimum Gasteiger partial charge on any atom is -0.328 e. The summed E-state index contributed by atoms with van der Waals surface area (Å²) < 4.78 is 0. The molecule has 0 aromatic heterocycles. The zero-order valence-corrected chi connectivity index (χ0v) is 6.17. The third-order valence-corrected chi connectivity index (χ3v) is 1.32. The Bertz CT molecular complexity index is 19.7. The maximum Gasteiger partial charge on any atom is 0 e. The molecular weight excluding hydrogens is 120 g/mol. The molecule has 0 aliphatic heterocycles. The van der Waals surface area contributed by atoms with Gasteiger partial charge in [-0.25, -0.2) is 0 Å². The van der Waals surface area contributed by atoms with Crippen LogP contribution in [0.1, 0.15) is 32.1 Å². The zero-order valence-electron chi connectivity index (χ0n) is 4.61. The van der Waals surface area contributed by atoms with Gasteiger partial charge >= 0.3 is 0 Å². The van der Waals surface area contributed by atoms with Gasteiger partial charge in [0.1, 0.15) is 0 Å². The predicted molar refractivity (Wildman–Crippen MR) is 27.4 cm³/mol. The SMILES string of the molecule is [CH-]1CCCCC1.[Ti]. The fourth-order valence-corrected chi connectivity index (χ4v) is 0.898. The monoisotopic (exact) mass is 131 g/mol. The van der Waals surface area contributed by atoms with E-state index in [9.17, 15) is 0 Å². The van der Waals surface area contributed by atoms with E-state index in [4.69, 9.17) is 0 Å². The van der Waals surface area contributed by atoms with Crippen molar-refractivity contribution < 1.29 is 21.7 Å². The maximum absolute atomic E-state index is 2.39. The standard InChI is InChI=1S/C6H11.Ti/c1-2-4-6-5-3-1;/h1H,2-6H2;/q-1;. The maximum atomic E-state index is 2.39. The topological polar surface area (TPSA) is 0 Å². The van der Waals surface area contributed by atoms with Gasteiger partial charge in [0.25, 0.3) is 0 Å². The predicted octanol–water partition coefficient (Wildman–Crippen LogP) is 2.15. The van der Waals surface area contributed by atoms with Crippen molar-refractivity contribution in [1.82, 2.24) is 0 Å². The van der Waals surface area contributed by atoms with Crippen LogP contribution in [-0.2, 0) is 21.7 Å². The van der Waals surface area contributed by atoms with Crippen LogP contribution < -0.4 is 0 Å². The molecule has 0 nitrogen and oxygen atoms in total. The molecule has 0 aromatic rings. The van der Waals surface area contributed by atoms with Gasteiger partial charge in [-0.1, -0.05) is 19.3 Å². The molecule has 0 heterocycles. The Morgan fingerprint density at radius 3 is 1.57 bits per heavy atom. The second-order valence-corrected chi connectivity index (χ2v) is 1.93. The van der Waals surface area contributed by atoms with Crippen LogP contribution in [0.5, 0.6) is 0 Å². The summed E-state index contributed by atoms with van der Waals surface area (Å²) >= 11 is 0. The van der Waals surface area contributed by atoms with Gasteiger partial charge in [-0.3, -0.25) is 0 Å². The molecule has 0 amide bonds. The Morgan fingerprint density at radius 1 is 0.857 bits per heavy atom. The van der Waals surface area contributed by atoms with E-state index in [1.165, 1.54) is 32.1 Å². The first-order valence-corrected chi connectivity index (χ1v) is 2.82. The largest absolute Gasteiger partial charge is 0.328 e. The molecule has 1 aliphatic carbocycles. The molecule has 7 heavy (non-hydrogen) atoms. The molecule has 0 atom stereocenters. The third-order valence-electron chi connectivity index (χ3n) is 1.32. The van der Waals surface area contributed by atoms with Gasteiger partial charge in [-0.2, -0.15) is 12.8 Å². The molecule has 0 spiro atoms. The van der Waals surface area contributed by atoms with Crippen LogP contribution in [0.15, 0.2) is 0 Å². The summed E-state index contributed by atoms with van der Waals surface area (Å²) in [6.45, 7) is 0. The van der Waals surface area contributed by atoms with Gasteiger partial charge in [0.2, 0.25) is 0 Å². The quantitative estimate of drug-likeness (QED) is 0.349. The summed E-state index contributed by atoms with van der Waals surface area (Å²) in [5.41, 5.74) is 0. The Morgan fingerprint density at radius 2 is 1.43 bits per heavy atom. The molecule has 0 bridgehead atoms. The van der Waals surface area contributed by atoms with Crippen molar-refractivity contribution in [2.75, 3.05) is 0 Å². The molecule has 0 saturated heterocycles. The summed E-state index contributed by atoms with van der Waals surface area (Å²) in [5.74, 6) is 0. The Labute approximate surface area is 60.6 Å². The minimum atomic E-state index is 0. The fraction of sp³-hybridized carbons (Fsp3) is 0.833. The molecule has 0 N–H and O–H groups in total. The van der Waals surface area contributed by atoms with E-state index in [2.05, 4.69) is 6.42 Å². The Hall–Kier alpha value is 0.714. The van der Waals surface area contributed by atoms with Crippen molar-refractivity contribution >= 4 is 0 Å². The van der Waals surface area contributed by atoms with Crippen LogP contribution in [0.3, 0.4) is 0 Å². The van der Waals surface area contributed by atoms with Gasteiger partial charge in [0.15, 0.2) is 0 Å². The van der Waals surface area contributed by atoms with Crippen molar-refractivity contribution in [2.24, 2.45) is 0 Å². The molecule has 1 rings (SSSR count). The van der Waals surface area contributed by atoms with Crippen molar-refractivity contribution in [3.05, 3.63) is 6.42 Å². The van der Waals surface area contributed by atoms with Crippen LogP contribution in [0, 0.1) is 6.42 Å². The molecule has 1 aliphatic rings. The van der Waals surface area contributed by atoms with E-state index in [0.29, 0.717) is 0 Å². The van der Waals surface area contributed by atoms with Crippen molar-refractivity contribution in [2.45, 2.75) is 32.1 Å². The van der Waals surface area contributed by atoms with Crippen LogP contribution in [0.4, 0.5) is 0 Å². The first kappa shape index (κ1) is 7.71. The van der Waals surface area contributed by atoms with Crippen LogP contribution in [-0.4, -0.2) is 0 Å². The average molecular weight is 131 g/mol. The number of hydrogen-bond donors (Lipinski definition) is 0. The fourth-order valence-electron chi connectivity index (χ4n) is 0.898. The third kappa shape index (κ3) is 3.31. The first-order chi connectivity index (χ1) is 3.00. The second kappa shape index (κ2) is 4.86. The summed E-state index contributed by atoms with van der Waals surface area (Å²) in [5, 5.41) is 0. The number of rotatable bonds is 0. The van der Waals surface area contributed by atoms with E-state index in [0.717, 1.165) is 0 Å². The van der Waals surface area contributed by atoms with E-state index in [1.807, 2.05) is 0 Å². The first-order valence-electron chi connectivity index (χ1n) is 2.82. The Kier molecular flexibility index (Phi) is 5.36. The molecule has 1 fully saturated rings. The van der Waals surface area contributed by atoms with Crippen LogP contribution >= 0.6 is 0 Å². The van der Waals surface area contributed by atoms with E-state index >= 15 is 0 Å². The van der Waals surface area contributed by atoms with Gasteiger partial charge in [-0.05, 0) is 0 Å². The van der Waals surface area contributed by atoms with Gasteiger partial charge in [0.05, 0.1) is 0 Å². The van der Waals surface area contributed by atoms with Crippen LogP contribution in [0.25, 0.3) is 0 Å². The molecule has 1 saturated carbocycles. The van der Waals surface area contributed by atoms with Crippen molar-refractivity contribution in [1.29, 1.82) is 0 Å². The van der Waals surface area contributed by atoms with Gasteiger partial charge < -0.3 is 6.42 Å². The molecule has 0 radical (unpaired) electrons. The molecule has 0 aromatic carbocycles. The summed E-state index contributed by atoms with van der Waals surface area (Å²) in [6.07, 6.45) is 9.50. The summed E-state index contributed by atoms with van der Waals surface area (Å²) in [6, 6.07) is 0. The minimum absolute atomic E-state index is 0. The number of hydrogen-bond acceptors (Lipinski definition) is 0. The van der Waals surface area contributed by atoms with Gasteiger partial charge in [0, 0.05) is 21.7 Å².